The topological polar surface area (TPSA) is 86.3 Å². The number of rotatable bonds is 3. The molecule has 0 saturated heterocycles. The first-order valence-corrected chi connectivity index (χ1v) is 5.98. The first-order valence-electron chi connectivity index (χ1n) is 5.19. The average molecular weight is 323 g/mol. The minimum atomic E-state index is -0.539. The van der Waals surface area contributed by atoms with Crippen LogP contribution < -0.4 is 0 Å². The number of hydrogen-bond acceptors (Lipinski definition) is 4. The average Bonchev–Trinajstić information content (AvgIpc) is 2.38. The van der Waals surface area contributed by atoms with Gasteiger partial charge in [0.1, 0.15) is 4.47 Å². The van der Waals surface area contributed by atoms with E-state index in [1.165, 1.54) is 18.2 Å². The first kappa shape index (κ1) is 13.2. The van der Waals surface area contributed by atoms with Crippen molar-refractivity contribution in [3.63, 3.8) is 0 Å². The van der Waals surface area contributed by atoms with Crippen LogP contribution in [0, 0.1) is 20.2 Å². The summed E-state index contributed by atoms with van der Waals surface area (Å²) in [4.78, 5) is 20.8. The molecule has 0 radical (unpaired) electrons. The SMILES string of the molecule is O=[N+]([O-])c1ccccc1-c1cccc([N+](=O)[O-])c1Br. The van der Waals surface area contributed by atoms with E-state index >= 15 is 0 Å². The predicted octanol–water partition coefficient (Wildman–Crippen LogP) is 3.93. The predicted molar refractivity (Wildman–Crippen MR) is 72.9 cm³/mol. The fraction of sp³-hybridized carbons (Fsp3) is 0. The van der Waals surface area contributed by atoms with Crippen molar-refractivity contribution in [2.24, 2.45) is 0 Å². The maximum Gasteiger partial charge on any atom is 0.284 e. The number of hydrogen-bond donors (Lipinski definition) is 0. The van der Waals surface area contributed by atoms with E-state index in [0.29, 0.717) is 11.1 Å². The normalized spacial score (nSPS) is 10.2. The second-order valence-electron chi connectivity index (χ2n) is 3.67. The molecule has 0 fully saturated rings. The van der Waals surface area contributed by atoms with Crippen molar-refractivity contribution in [1.82, 2.24) is 0 Å². The second-order valence-corrected chi connectivity index (χ2v) is 4.46. The number of nitro groups is 2. The largest absolute Gasteiger partial charge is 0.284 e. The van der Waals surface area contributed by atoms with Crippen molar-refractivity contribution in [2.45, 2.75) is 0 Å². The molecule has 0 saturated carbocycles. The van der Waals surface area contributed by atoms with Crippen molar-refractivity contribution in [3.05, 3.63) is 67.2 Å². The lowest BCUT2D eigenvalue weighted by Gasteiger charge is -2.05. The molecule has 0 amide bonds. The molecule has 96 valence electrons. The highest BCUT2D eigenvalue weighted by Gasteiger charge is 2.21. The second kappa shape index (κ2) is 5.15. The van der Waals surface area contributed by atoms with Crippen LogP contribution in [0.1, 0.15) is 0 Å². The highest BCUT2D eigenvalue weighted by Crippen LogP contribution is 2.38. The Balaban J connectivity index is 2.70. The Kier molecular flexibility index (Phi) is 3.57. The van der Waals surface area contributed by atoms with Gasteiger partial charge in [0.25, 0.3) is 11.4 Å². The zero-order valence-corrected chi connectivity index (χ0v) is 11.0. The summed E-state index contributed by atoms with van der Waals surface area (Å²) in [6.45, 7) is 0. The minimum Gasteiger partial charge on any atom is -0.258 e. The zero-order chi connectivity index (χ0) is 14.0. The molecule has 6 nitrogen and oxygen atoms in total. The van der Waals surface area contributed by atoms with Crippen LogP contribution in [0.5, 0.6) is 0 Å². The Labute approximate surface area is 116 Å². The molecule has 0 unspecified atom stereocenters. The molecule has 2 aromatic carbocycles. The van der Waals surface area contributed by atoms with Gasteiger partial charge in [0.2, 0.25) is 0 Å². The highest BCUT2D eigenvalue weighted by molar-refractivity contribution is 9.10. The maximum absolute atomic E-state index is 11.0. The van der Waals surface area contributed by atoms with E-state index in [-0.39, 0.29) is 15.8 Å². The monoisotopic (exact) mass is 322 g/mol. The lowest BCUT2D eigenvalue weighted by Crippen LogP contribution is -1.94. The molecule has 19 heavy (non-hydrogen) atoms. The molecule has 0 aliphatic heterocycles. The van der Waals surface area contributed by atoms with Gasteiger partial charge in [-0.05, 0) is 22.0 Å². The lowest BCUT2D eigenvalue weighted by molar-refractivity contribution is -0.385. The third-order valence-corrected chi connectivity index (χ3v) is 3.40. The van der Waals surface area contributed by atoms with Gasteiger partial charge >= 0.3 is 0 Å². The van der Waals surface area contributed by atoms with E-state index in [2.05, 4.69) is 15.9 Å². The number of halogens is 1. The molecule has 0 N–H and O–H groups in total. The summed E-state index contributed by atoms with van der Waals surface area (Å²) in [7, 11) is 0. The summed E-state index contributed by atoms with van der Waals surface area (Å²) in [5.74, 6) is 0. The van der Waals surface area contributed by atoms with Crippen LogP contribution in [-0.2, 0) is 0 Å². The number of benzene rings is 2. The number of nitro benzene ring substituents is 2. The molecular weight excluding hydrogens is 316 g/mol. The maximum atomic E-state index is 11.0. The van der Waals surface area contributed by atoms with Gasteiger partial charge in [-0.15, -0.1) is 0 Å². The molecular formula is C12H7BrN2O4. The van der Waals surface area contributed by atoms with E-state index in [1.54, 1.807) is 24.3 Å². The molecule has 0 aliphatic rings. The van der Waals surface area contributed by atoms with Crippen LogP contribution >= 0.6 is 15.9 Å². The van der Waals surface area contributed by atoms with Gasteiger partial charge in [-0.1, -0.05) is 24.3 Å². The van der Waals surface area contributed by atoms with Crippen molar-refractivity contribution < 1.29 is 9.85 Å². The van der Waals surface area contributed by atoms with Crippen LogP contribution in [0.2, 0.25) is 0 Å². The molecule has 0 spiro atoms. The molecule has 0 aliphatic carbocycles. The summed E-state index contributed by atoms with van der Waals surface area (Å²) in [6, 6.07) is 10.5. The Bertz CT molecular complexity index is 673. The third kappa shape index (κ3) is 2.45. The van der Waals surface area contributed by atoms with E-state index in [9.17, 15) is 20.2 Å². The Morgan fingerprint density at radius 2 is 1.32 bits per heavy atom. The molecule has 7 heteroatoms. The van der Waals surface area contributed by atoms with Crippen molar-refractivity contribution in [3.8, 4) is 11.1 Å². The molecule has 2 rings (SSSR count). The van der Waals surface area contributed by atoms with Crippen LogP contribution in [0.4, 0.5) is 11.4 Å². The van der Waals surface area contributed by atoms with E-state index in [1.807, 2.05) is 0 Å². The van der Waals surface area contributed by atoms with Crippen LogP contribution in [-0.4, -0.2) is 9.85 Å². The molecule has 0 atom stereocenters. The standard InChI is InChI=1S/C12H7BrN2O4/c13-12-9(5-3-7-11(12)15(18)19)8-4-1-2-6-10(8)14(16)17/h1-7H. The van der Waals surface area contributed by atoms with Crippen LogP contribution in [0.25, 0.3) is 11.1 Å². The smallest absolute Gasteiger partial charge is 0.258 e. The molecule has 0 heterocycles. The van der Waals surface area contributed by atoms with E-state index in [0.717, 1.165) is 0 Å². The summed E-state index contributed by atoms with van der Waals surface area (Å²) >= 11 is 3.14. The summed E-state index contributed by atoms with van der Waals surface area (Å²) in [6.07, 6.45) is 0. The van der Waals surface area contributed by atoms with Gasteiger partial charge < -0.3 is 0 Å². The summed E-state index contributed by atoms with van der Waals surface area (Å²) < 4.78 is 0.231. The quantitative estimate of drug-likeness (QED) is 0.632. The number of nitrogens with zero attached hydrogens (tertiary/aromatic N) is 2. The Morgan fingerprint density at radius 3 is 1.95 bits per heavy atom. The van der Waals surface area contributed by atoms with Gasteiger partial charge in [-0.2, -0.15) is 0 Å². The summed E-state index contributed by atoms with van der Waals surface area (Å²) in [5, 5.41) is 21.8. The van der Waals surface area contributed by atoms with Gasteiger partial charge in [0, 0.05) is 17.7 Å². The van der Waals surface area contributed by atoms with Gasteiger partial charge in [-0.25, -0.2) is 0 Å². The molecule has 0 bridgehead atoms. The van der Waals surface area contributed by atoms with Gasteiger partial charge in [0.05, 0.1) is 15.4 Å². The van der Waals surface area contributed by atoms with Gasteiger partial charge in [-0.3, -0.25) is 20.2 Å². The van der Waals surface area contributed by atoms with Crippen LogP contribution in [0.15, 0.2) is 46.9 Å². The van der Waals surface area contributed by atoms with Crippen LogP contribution in [0.3, 0.4) is 0 Å². The zero-order valence-electron chi connectivity index (χ0n) is 9.45. The van der Waals surface area contributed by atoms with Crippen molar-refractivity contribution in [1.29, 1.82) is 0 Å². The van der Waals surface area contributed by atoms with Gasteiger partial charge in [0.15, 0.2) is 0 Å². The Hall–Kier alpha value is -2.28. The Morgan fingerprint density at radius 1 is 0.789 bits per heavy atom. The van der Waals surface area contributed by atoms with E-state index < -0.39 is 9.85 Å². The lowest BCUT2D eigenvalue weighted by atomic mass is 10.0. The van der Waals surface area contributed by atoms with Crippen molar-refractivity contribution >= 4 is 27.3 Å². The molecule has 2 aromatic rings. The number of para-hydroxylation sites is 1. The fourth-order valence-electron chi connectivity index (χ4n) is 1.73. The fourth-order valence-corrected chi connectivity index (χ4v) is 2.35. The third-order valence-electron chi connectivity index (χ3n) is 2.57. The minimum absolute atomic E-state index is 0.0938. The highest BCUT2D eigenvalue weighted by atomic mass is 79.9. The summed E-state index contributed by atoms with van der Waals surface area (Å²) in [5.41, 5.74) is 0.531. The molecule has 0 aromatic heterocycles. The van der Waals surface area contributed by atoms with E-state index in [4.69, 9.17) is 0 Å². The van der Waals surface area contributed by atoms with Crippen molar-refractivity contribution in [2.75, 3.05) is 0 Å². The first-order chi connectivity index (χ1) is 9.02.